The second-order valence-electron chi connectivity index (χ2n) is 6.83. The molecule has 1 heterocycles. The van der Waals surface area contributed by atoms with Gasteiger partial charge in [0.15, 0.2) is 0 Å². The molecule has 1 aliphatic heterocycles. The van der Waals surface area contributed by atoms with Crippen molar-refractivity contribution in [1.82, 2.24) is 4.31 Å². The highest BCUT2D eigenvalue weighted by atomic mass is 32.2. The number of rotatable bonds is 7. The number of ether oxygens (including phenoxy) is 2. The first kappa shape index (κ1) is 19.7. The Morgan fingerprint density at radius 1 is 1.00 bits per heavy atom. The molecule has 0 atom stereocenters. The quantitative estimate of drug-likeness (QED) is 0.721. The smallest absolute Gasteiger partial charge is 0.243 e. The van der Waals surface area contributed by atoms with Crippen LogP contribution in [-0.2, 0) is 10.0 Å². The summed E-state index contributed by atoms with van der Waals surface area (Å²) in [6.07, 6.45) is 1.62. The van der Waals surface area contributed by atoms with Gasteiger partial charge in [-0.2, -0.15) is 4.31 Å². The summed E-state index contributed by atoms with van der Waals surface area (Å²) in [6.45, 7) is 6.17. The molecule has 3 rings (SSSR count). The Balaban J connectivity index is 1.55. The summed E-state index contributed by atoms with van der Waals surface area (Å²) in [7, 11) is -3.45. The van der Waals surface area contributed by atoms with Gasteiger partial charge >= 0.3 is 0 Å². The topological polar surface area (TPSA) is 55.8 Å². The highest BCUT2D eigenvalue weighted by Gasteiger charge is 2.29. The second kappa shape index (κ2) is 8.76. The summed E-state index contributed by atoms with van der Waals surface area (Å²) in [4.78, 5) is 0.320. The maximum atomic E-state index is 12.8. The third-order valence-corrected chi connectivity index (χ3v) is 6.83. The number of piperidine rings is 1. The molecule has 2 aromatic rings. The molecular weight excluding hydrogens is 362 g/mol. The van der Waals surface area contributed by atoms with Crippen molar-refractivity contribution in [2.45, 2.75) is 31.6 Å². The van der Waals surface area contributed by atoms with E-state index in [9.17, 15) is 8.42 Å². The fraction of sp³-hybridized carbons (Fsp3) is 0.429. The first-order valence-corrected chi connectivity index (χ1v) is 10.9. The minimum atomic E-state index is -3.45. The molecular formula is C21H27NO4S. The molecule has 1 aliphatic rings. The Hall–Kier alpha value is -2.05. The summed E-state index contributed by atoms with van der Waals surface area (Å²) >= 11 is 0. The molecule has 0 amide bonds. The van der Waals surface area contributed by atoms with Crippen molar-refractivity contribution in [2.24, 2.45) is 5.92 Å². The van der Waals surface area contributed by atoms with Gasteiger partial charge in [0.05, 0.1) is 18.1 Å². The van der Waals surface area contributed by atoms with Crippen molar-refractivity contribution in [3.05, 3.63) is 54.1 Å². The highest BCUT2D eigenvalue weighted by Crippen LogP contribution is 2.26. The molecule has 27 heavy (non-hydrogen) atoms. The van der Waals surface area contributed by atoms with Gasteiger partial charge in [-0.1, -0.05) is 18.2 Å². The summed E-state index contributed by atoms with van der Waals surface area (Å²) < 4.78 is 38.6. The minimum absolute atomic E-state index is 0.320. The number of sulfonamides is 1. The van der Waals surface area contributed by atoms with Gasteiger partial charge in [0.2, 0.25) is 10.0 Å². The van der Waals surface area contributed by atoms with Gasteiger partial charge in [0, 0.05) is 13.1 Å². The minimum Gasteiger partial charge on any atom is -0.494 e. The molecule has 0 N–H and O–H groups in total. The fourth-order valence-corrected chi connectivity index (χ4v) is 4.74. The van der Waals surface area contributed by atoms with Gasteiger partial charge in [0.25, 0.3) is 0 Å². The van der Waals surface area contributed by atoms with Gasteiger partial charge in [-0.05, 0) is 68.5 Å². The van der Waals surface area contributed by atoms with Gasteiger partial charge in [-0.15, -0.1) is 0 Å². The molecule has 0 aromatic heterocycles. The van der Waals surface area contributed by atoms with E-state index in [-0.39, 0.29) is 0 Å². The molecule has 146 valence electrons. The van der Waals surface area contributed by atoms with E-state index >= 15 is 0 Å². The predicted octanol–water partition coefficient (Wildman–Crippen LogP) is 3.87. The Morgan fingerprint density at radius 3 is 2.30 bits per heavy atom. The molecule has 1 saturated heterocycles. The zero-order chi connectivity index (χ0) is 19.3. The van der Waals surface area contributed by atoms with Crippen LogP contribution in [0.25, 0.3) is 0 Å². The van der Waals surface area contributed by atoms with E-state index in [2.05, 4.69) is 0 Å². The van der Waals surface area contributed by atoms with Crippen LogP contribution in [0.15, 0.2) is 53.4 Å². The number of hydrogen-bond donors (Lipinski definition) is 0. The zero-order valence-corrected chi connectivity index (χ0v) is 16.7. The summed E-state index contributed by atoms with van der Waals surface area (Å²) in [6, 6.07) is 14.6. The molecule has 5 nitrogen and oxygen atoms in total. The van der Waals surface area contributed by atoms with Crippen LogP contribution < -0.4 is 9.47 Å². The third-order valence-electron chi connectivity index (χ3n) is 4.91. The predicted molar refractivity (Wildman–Crippen MR) is 106 cm³/mol. The molecule has 0 unspecified atom stereocenters. The lowest BCUT2D eigenvalue weighted by Gasteiger charge is -2.31. The van der Waals surface area contributed by atoms with Crippen molar-refractivity contribution < 1.29 is 17.9 Å². The average Bonchev–Trinajstić information content (AvgIpc) is 2.68. The summed E-state index contributed by atoms with van der Waals surface area (Å²) in [5.41, 5.74) is 1.12. The number of para-hydroxylation sites is 1. The van der Waals surface area contributed by atoms with Crippen LogP contribution in [0.3, 0.4) is 0 Å². The summed E-state index contributed by atoms with van der Waals surface area (Å²) in [5, 5.41) is 0. The first-order valence-electron chi connectivity index (χ1n) is 9.42. The molecule has 1 fully saturated rings. The third kappa shape index (κ3) is 4.82. The van der Waals surface area contributed by atoms with Gasteiger partial charge < -0.3 is 9.47 Å². The zero-order valence-electron chi connectivity index (χ0n) is 15.9. The van der Waals surface area contributed by atoms with E-state index in [1.807, 2.05) is 38.1 Å². The van der Waals surface area contributed by atoms with Crippen molar-refractivity contribution in [2.75, 3.05) is 26.3 Å². The van der Waals surface area contributed by atoms with Crippen LogP contribution in [0.2, 0.25) is 0 Å². The van der Waals surface area contributed by atoms with Crippen LogP contribution in [0.1, 0.15) is 25.3 Å². The molecule has 0 aliphatic carbocycles. The van der Waals surface area contributed by atoms with Crippen LogP contribution in [0.4, 0.5) is 0 Å². The van der Waals surface area contributed by atoms with E-state index in [1.54, 1.807) is 28.6 Å². The van der Waals surface area contributed by atoms with Gasteiger partial charge in [0.1, 0.15) is 11.5 Å². The Labute approximate surface area is 162 Å². The van der Waals surface area contributed by atoms with E-state index < -0.39 is 10.0 Å². The first-order chi connectivity index (χ1) is 13.0. The van der Waals surface area contributed by atoms with E-state index in [0.717, 1.165) is 24.2 Å². The highest BCUT2D eigenvalue weighted by molar-refractivity contribution is 7.89. The average molecular weight is 390 g/mol. The standard InChI is InChI=1S/C21H27NO4S/c1-3-25-19-8-10-20(11-9-19)27(23,24)22-14-12-18(13-15-22)16-26-21-7-5-4-6-17(21)2/h4-11,18H,3,12-16H2,1-2H3. The molecule has 6 heteroatoms. The monoisotopic (exact) mass is 389 g/mol. The number of hydrogen-bond acceptors (Lipinski definition) is 4. The SMILES string of the molecule is CCOc1ccc(S(=O)(=O)N2CCC(COc3ccccc3C)CC2)cc1. The van der Waals surface area contributed by atoms with Crippen LogP contribution in [0, 0.1) is 12.8 Å². The fourth-order valence-electron chi connectivity index (χ4n) is 3.27. The Morgan fingerprint density at radius 2 is 1.67 bits per heavy atom. The number of benzene rings is 2. The van der Waals surface area contributed by atoms with Crippen LogP contribution in [-0.4, -0.2) is 39.0 Å². The normalized spacial score (nSPS) is 16.2. The van der Waals surface area contributed by atoms with E-state index in [1.165, 1.54) is 0 Å². The Kier molecular flexibility index (Phi) is 6.39. The van der Waals surface area contributed by atoms with Crippen LogP contribution in [0.5, 0.6) is 11.5 Å². The van der Waals surface area contributed by atoms with E-state index in [4.69, 9.17) is 9.47 Å². The lowest BCUT2D eigenvalue weighted by atomic mass is 9.99. The maximum absolute atomic E-state index is 12.8. The van der Waals surface area contributed by atoms with Crippen molar-refractivity contribution in [3.63, 3.8) is 0 Å². The number of aryl methyl sites for hydroxylation is 1. The maximum Gasteiger partial charge on any atom is 0.243 e. The largest absolute Gasteiger partial charge is 0.494 e. The lowest BCUT2D eigenvalue weighted by Crippen LogP contribution is -2.39. The van der Waals surface area contributed by atoms with E-state index in [0.29, 0.717) is 42.9 Å². The molecule has 0 saturated carbocycles. The molecule has 2 aromatic carbocycles. The molecule has 0 bridgehead atoms. The van der Waals surface area contributed by atoms with Crippen molar-refractivity contribution in [3.8, 4) is 11.5 Å². The Bertz CT molecular complexity index is 841. The van der Waals surface area contributed by atoms with Crippen molar-refractivity contribution >= 4 is 10.0 Å². The van der Waals surface area contributed by atoms with Gasteiger partial charge in [-0.25, -0.2) is 8.42 Å². The lowest BCUT2D eigenvalue weighted by molar-refractivity contribution is 0.184. The second-order valence-corrected chi connectivity index (χ2v) is 8.77. The van der Waals surface area contributed by atoms with Crippen LogP contribution >= 0.6 is 0 Å². The summed E-state index contributed by atoms with van der Waals surface area (Å²) in [5.74, 6) is 1.96. The number of nitrogens with zero attached hydrogens (tertiary/aromatic N) is 1. The molecule has 0 radical (unpaired) electrons. The molecule has 0 spiro atoms. The van der Waals surface area contributed by atoms with Gasteiger partial charge in [-0.3, -0.25) is 0 Å². The van der Waals surface area contributed by atoms with Crippen molar-refractivity contribution in [1.29, 1.82) is 0 Å².